The number of hydrogen-bond acceptors (Lipinski definition) is 11. The first-order chi connectivity index (χ1) is 19.1. The number of benzene rings is 2. The van der Waals surface area contributed by atoms with Gasteiger partial charge < -0.3 is 34.3 Å². The molecule has 0 bridgehead atoms. The first-order valence-corrected chi connectivity index (χ1v) is 12.5. The molecule has 0 saturated carbocycles. The Balaban J connectivity index is 1.09. The molecule has 0 amide bonds. The van der Waals surface area contributed by atoms with Crippen LogP contribution in [0, 0.1) is 0 Å². The van der Waals surface area contributed by atoms with Crippen molar-refractivity contribution in [1.82, 2.24) is 40.3 Å². The lowest BCUT2D eigenvalue weighted by atomic mass is 10.1. The van der Waals surface area contributed by atoms with E-state index in [-0.39, 0.29) is 30.3 Å². The Labute approximate surface area is 228 Å². The number of tetrazole rings is 1. The molecule has 2 fully saturated rings. The molecule has 2 aliphatic rings. The third-order valence-corrected chi connectivity index (χ3v) is 6.68. The second-order valence-electron chi connectivity index (χ2n) is 8.81. The topological polar surface area (TPSA) is 145 Å². The van der Waals surface area contributed by atoms with Crippen LogP contribution in [0.2, 0.25) is 0 Å². The average molecular weight is 552 g/mol. The lowest BCUT2D eigenvalue weighted by Crippen LogP contribution is -2.45. The van der Waals surface area contributed by atoms with Gasteiger partial charge in [0.15, 0.2) is 5.11 Å². The molecule has 39 heavy (non-hydrogen) atoms. The zero-order chi connectivity index (χ0) is 26.8. The van der Waals surface area contributed by atoms with Gasteiger partial charge in [-0.3, -0.25) is 0 Å². The van der Waals surface area contributed by atoms with Crippen molar-refractivity contribution in [3.8, 4) is 28.9 Å². The van der Waals surface area contributed by atoms with Crippen molar-refractivity contribution in [2.45, 2.75) is 24.3 Å². The van der Waals surface area contributed by atoms with E-state index in [9.17, 15) is 0 Å². The lowest BCUT2D eigenvalue weighted by molar-refractivity contribution is 0.0615. The van der Waals surface area contributed by atoms with E-state index in [0.29, 0.717) is 35.6 Å². The number of fused-ring (bicyclic) bond motifs is 1. The Bertz CT molecular complexity index is 1410. The van der Waals surface area contributed by atoms with Crippen LogP contribution in [0.25, 0.3) is 5.69 Å². The Hall–Kier alpha value is -4.34. The Morgan fingerprint density at radius 3 is 2.49 bits per heavy atom. The molecule has 2 aliphatic heterocycles. The first-order valence-electron chi connectivity index (χ1n) is 12.1. The molecule has 4 heterocycles. The highest BCUT2D eigenvalue weighted by Gasteiger charge is 2.50. The molecule has 0 spiro atoms. The maximum absolute atomic E-state index is 6.11. The largest absolute Gasteiger partial charge is 0.497 e. The standard InChI is InChI=1S/C24H25N9O5S/c1-34-17-7-14(8-18(9-17)35-2)27-23(39)28-19-10-36-22-20(11-37-21(19)22)33-24(29-30-31-33)38-16-5-3-15(4-6-16)32-13-25-12-26-32/h3-9,12-13,19-22H,10-11H2,1-2H3,(H2,27,28,39). The first kappa shape index (κ1) is 25.0. The molecule has 4 aromatic rings. The highest BCUT2D eigenvalue weighted by Crippen LogP contribution is 2.36. The molecule has 14 nitrogen and oxygen atoms in total. The summed E-state index contributed by atoms with van der Waals surface area (Å²) in [6.07, 6.45) is 2.55. The molecule has 2 saturated heterocycles. The number of anilines is 1. The molecule has 2 aromatic heterocycles. The van der Waals surface area contributed by atoms with Crippen LogP contribution in [0.1, 0.15) is 6.04 Å². The molecule has 2 N–H and O–H groups in total. The molecule has 0 radical (unpaired) electrons. The van der Waals surface area contributed by atoms with Crippen molar-refractivity contribution in [3.63, 3.8) is 0 Å². The predicted molar refractivity (Wildman–Crippen MR) is 140 cm³/mol. The molecular formula is C24H25N9O5S. The third-order valence-electron chi connectivity index (χ3n) is 6.46. The molecule has 4 atom stereocenters. The summed E-state index contributed by atoms with van der Waals surface area (Å²) < 4.78 is 32.1. The second-order valence-corrected chi connectivity index (χ2v) is 9.22. The molecule has 15 heteroatoms. The Morgan fingerprint density at radius 2 is 1.77 bits per heavy atom. The van der Waals surface area contributed by atoms with E-state index < -0.39 is 0 Å². The third kappa shape index (κ3) is 5.19. The quantitative estimate of drug-likeness (QED) is 0.307. The number of ether oxygens (including phenoxy) is 5. The number of methoxy groups -OCH3 is 2. The van der Waals surface area contributed by atoms with Crippen LogP contribution in [0.3, 0.4) is 0 Å². The minimum Gasteiger partial charge on any atom is -0.497 e. The van der Waals surface area contributed by atoms with Gasteiger partial charge >= 0.3 is 6.01 Å². The van der Waals surface area contributed by atoms with Gasteiger partial charge in [-0.2, -0.15) is 9.78 Å². The highest BCUT2D eigenvalue weighted by molar-refractivity contribution is 7.80. The van der Waals surface area contributed by atoms with Gasteiger partial charge in [0.2, 0.25) is 0 Å². The highest BCUT2D eigenvalue weighted by atomic mass is 32.1. The summed E-state index contributed by atoms with van der Waals surface area (Å²) in [4.78, 5) is 3.96. The van der Waals surface area contributed by atoms with Crippen molar-refractivity contribution in [2.75, 3.05) is 32.8 Å². The van der Waals surface area contributed by atoms with E-state index in [1.165, 1.54) is 6.33 Å². The van der Waals surface area contributed by atoms with Crippen molar-refractivity contribution in [3.05, 3.63) is 55.1 Å². The molecular weight excluding hydrogens is 526 g/mol. The van der Waals surface area contributed by atoms with Crippen LogP contribution in [0.15, 0.2) is 55.1 Å². The van der Waals surface area contributed by atoms with Gasteiger partial charge in [-0.25, -0.2) is 9.67 Å². The van der Waals surface area contributed by atoms with E-state index in [1.54, 1.807) is 36.0 Å². The zero-order valence-electron chi connectivity index (χ0n) is 21.0. The van der Waals surface area contributed by atoms with Gasteiger partial charge in [0.25, 0.3) is 0 Å². The number of nitrogens with one attached hydrogen (secondary N) is 2. The number of rotatable bonds is 8. The SMILES string of the molecule is COc1cc(NC(=S)NC2COC3C2OCC3n2nnnc2Oc2ccc(-n3cncn3)cc2)cc(OC)c1. The van der Waals surface area contributed by atoms with Gasteiger partial charge in [-0.15, -0.1) is 0 Å². The summed E-state index contributed by atoms with van der Waals surface area (Å²) in [5.74, 6) is 1.87. The smallest absolute Gasteiger partial charge is 0.341 e. The summed E-state index contributed by atoms with van der Waals surface area (Å²) in [5, 5.41) is 23.0. The normalized spacial score (nSPS) is 21.8. The van der Waals surface area contributed by atoms with Crippen molar-refractivity contribution in [1.29, 1.82) is 0 Å². The van der Waals surface area contributed by atoms with E-state index >= 15 is 0 Å². The van der Waals surface area contributed by atoms with Crippen LogP contribution < -0.4 is 24.8 Å². The van der Waals surface area contributed by atoms with Crippen molar-refractivity contribution < 1.29 is 23.7 Å². The molecule has 202 valence electrons. The predicted octanol–water partition coefficient (Wildman–Crippen LogP) is 1.76. The average Bonchev–Trinajstić information content (AvgIpc) is 3.76. The van der Waals surface area contributed by atoms with Crippen molar-refractivity contribution >= 4 is 23.0 Å². The maximum Gasteiger partial charge on any atom is 0.341 e. The fourth-order valence-electron chi connectivity index (χ4n) is 4.60. The molecule has 2 aromatic carbocycles. The van der Waals surface area contributed by atoms with Gasteiger partial charge in [0.1, 0.15) is 48.2 Å². The second kappa shape index (κ2) is 10.8. The summed E-state index contributed by atoms with van der Waals surface area (Å²) in [7, 11) is 3.19. The fraction of sp³-hybridized carbons (Fsp3) is 0.333. The van der Waals surface area contributed by atoms with E-state index in [1.807, 2.05) is 36.4 Å². The van der Waals surface area contributed by atoms with Crippen molar-refractivity contribution in [2.24, 2.45) is 0 Å². The van der Waals surface area contributed by atoms with Crippen LogP contribution >= 0.6 is 12.2 Å². The van der Waals surface area contributed by atoms with Crippen LogP contribution in [0.5, 0.6) is 23.3 Å². The van der Waals surface area contributed by atoms with Crippen LogP contribution in [-0.4, -0.2) is 85.8 Å². The van der Waals surface area contributed by atoms with Gasteiger partial charge in [-0.05, 0) is 46.9 Å². The summed E-state index contributed by atoms with van der Waals surface area (Å²) >= 11 is 5.55. The lowest BCUT2D eigenvalue weighted by Gasteiger charge is -2.20. The zero-order valence-corrected chi connectivity index (χ0v) is 21.8. The maximum atomic E-state index is 6.11. The minimum atomic E-state index is -0.289. The fourth-order valence-corrected chi connectivity index (χ4v) is 4.87. The summed E-state index contributed by atoms with van der Waals surface area (Å²) in [5.41, 5.74) is 1.58. The number of thiocarbonyl (C=S) groups is 1. The Kier molecular flexibility index (Phi) is 6.91. The number of hydrogen-bond donors (Lipinski definition) is 2. The number of nitrogens with zero attached hydrogens (tertiary/aromatic N) is 7. The minimum absolute atomic E-state index is 0.169. The molecule has 4 unspecified atom stereocenters. The van der Waals surface area contributed by atoms with Gasteiger partial charge in [-0.1, -0.05) is 5.10 Å². The summed E-state index contributed by atoms with van der Waals surface area (Å²) in [6, 6.07) is 12.6. The van der Waals surface area contributed by atoms with E-state index in [2.05, 4.69) is 36.2 Å². The Morgan fingerprint density at radius 1 is 1.00 bits per heavy atom. The van der Waals surface area contributed by atoms with Crippen LogP contribution in [0.4, 0.5) is 5.69 Å². The summed E-state index contributed by atoms with van der Waals surface area (Å²) in [6.45, 7) is 0.755. The van der Waals surface area contributed by atoms with E-state index in [0.717, 1.165) is 11.4 Å². The van der Waals surface area contributed by atoms with Crippen LogP contribution in [-0.2, 0) is 9.47 Å². The number of aromatic nitrogens is 7. The molecule has 0 aliphatic carbocycles. The van der Waals surface area contributed by atoms with Gasteiger partial charge in [0.05, 0.1) is 39.2 Å². The van der Waals surface area contributed by atoms with Gasteiger partial charge in [0, 0.05) is 23.9 Å². The van der Waals surface area contributed by atoms with E-state index in [4.69, 9.17) is 35.9 Å². The monoisotopic (exact) mass is 551 g/mol. The molecule has 6 rings (SSSR count).